The van der Waals surface area contributed by atoms with Crippen LogP contribution in [0.15, 0.2) is 36.4 Å². The molecule has 2 aliphatic rings. The van der Waals surface area contributed by atoms with Gasteiger partial charge in [0, 0.05) is 17.6 Å². The summed E-state index contributed by atoms with van der Waals surface area (Å²) in [7, 11) is 0. The third kappa shape index (κ3) is 1.24. The van der Waals surface area contributed by atoms with E-state index in [0.717, 1.165) is 12.1 Å². The molecule has 1 aliphatic heterocycles. The maximum Gasteiger partial charge on any atom is 0.222 e. The number of amides is 1. The molecule has 0 bridgehead atoms. The largest absolute Gasteiger partial charge is 0.380 e. The molecular formula is C13H14N2O. The van der Waals surface area contributed by atoms with Gasteiger partial charge in [0.05, 0.1) is 5.92 Å². The minimum absolute atomic E-state index is 0.0950. The van der Waals surface area contributed by atoms with Crippen LogP contribution in [0.25, 0.3) is 0 Å². The standard InChI is InChI=1S/C13H14N2O/c14-13(16)10-6-3-5-9-8-4-1-2-7-11(8)15-12(9)10/h1-5,7,9-10,12,15H,6H2,(H2,14,16). The van der Waals surface area contributed by atoms with Crippen LogP contribution in [0.2, 0.25) is 0 Å². The van der Waals surface area contributed by atoms with Gasteiger partial charge in [-0.15, -0.1) is 0 Å². The predicted molar refractivity (Wildman–Crippen MR) is 63.0 cm³/mol. The minimum atomic E-state index is -0.209. The van der Waals surface area contributed by atoms with Crippen molar-refractivity contribution >= 4 is 11.6 Å². The van der Waals surface area contributed by atoms with Gasteiger partial charge in [0.15, 0.2) is 0 Å². The second-order valence-corrected chi connectivity index (χ2v) is 4.46. The Balaban J connectivity index is 2.02. The molecule has 3 unspecified atom stereocenters. The highest BCUT2D eigenvalue weighted by atomic mass is 16.1. The summed E-state index contributed by atoms with van der Waals surface area (Å²) in [5.41, 5.74) is 7.85. The van der Waals surface area contributed by atoms with Gasteiger partial charge in [-0.1, -0.05) is 30.4 Å². The average Bonchev–Trinajstić information content (AvgIpc) is 2.67. The summed E-state index contributed by atoms with van der Waals surface area (Å²) < 4.78 is 0. The van der Waals surface area contributed by atoms with Gasteiger partial charge in [0.2, 0.25) is 5.91 Å². The number of allylic oxidation sites excluding steroid dienone is 1. The van der Waals surface area contributed by atoms with E-state index in [2.05, 4.69) is 29.6 Å². The van der Waals surface area contributed by atoms with E-state index in [9.17, 15) is 4.79 Å². The molecule has 16 heavy (non-hydrogen) atoms. The molecule has 0 aromatic heterocycles. The fraction of sp³-hybridized carbons (Fsp3) is 0.308. The molecule has 0 saturated carbocycles. The van der Waals surface area contributed by atoms with E-state index >= 15 is 0 Å². The van der Waals surface area contributed by atoms with Crippen molar-refractivity contribution in [1.82, 2.24) is 0 Å². The Morgan fingerprint density at radius 3 is 3.00 bits per heavy atom. The van der Waals surface area contributed by atoms with Crippen molar-refractivity contribution in [3.05, 3.63) is 42.0 Å². The zero-order chi connectivity index (χ0) is 11.1. The molecule has 1 aromatic rings. The molecule has 0 spiro atoms. The first-order valence-electron chi connectivity index (χ1n) is 5.59. The van der Waals surface area contributed by atoms with Crippen LogP contribution in [0.5, 0.6) is 0 Å². The van der Waals surface area contributed by atoms with Crippen molar-refractivity contribution in [3.8, 4) is 0 Å². The maximum absolute atomic E-state index is 11.4. The third-order valence-electron chi connectivity index (χ3n) is 3.56. The highest BCUT2D eigenvalue weighted by Gasteiger charge is 2.39. The minimum Gasteiger partial charge on any atom is -0.380 e. The Morgan fingerprint density at radius 2 is 2.19 bits per heavy atom. The molecule has 0 saturated heterocycles. The number of fused-ring (bicyclic) bond motifs is 3. The van der Waals surface area contributed by atoms with E-state index in [-0.39, 0.29) is 17.9 Å². The lowest BCUT2D eigenvalue weighted by Crippen LogP contribution is -2.40. The van der Waals surface area contributed by atoms with Crippen molar-refractivity contribution in [1.29, 1.82) is 0 Å². The molecule has 0 radical (unpaired) electrons. The number of hydrogen-bond donors (Lipinski definition) is 2. The average molecular weight is 214 g/mol. The molecule has 3 N–H and O–H groups in total. The van der Waals surface area contributed by atoms with Gasteiger partial charge in [0.25, 0.3) is 0 Å². The van der Waals surface area contributed by atoms with E-state index in [1.165, 1.54) is 5.56 Å². The number of nitrogens with two attached hydrogens (primary N) is 1. The summed E-state index contributed by atoms with van der Waals surface area (Å²) in [6.45, 7) is 0. The van der Waals surface area contributed by atoms with Crippen LogP contribution < -0.4 is 11.1 Å². The molecule has 1 aliphatic carbocycles. The van der Waals surface area contributed by atoms with Crippen LogP contribution in [0.1, 0.15) is 17.9 Å². The van der Waals surface area contributed by atoms with Gasteiger partial charge in [-0.25, -0.2) is 0 Å². The third-order valence-corrected chi connectivity index (χ3v) is 3.56. The van der Waals surface area contributed by atoms with E-state index in [1.54, 1.807) is 0 Å². The zero-order valence-corrected chi connectivity index (χ0v) is 8.89. The number of nitrogens with one attached hydrogen (secondary N) is 1. The van der Waals surface area contributed by atoms with Crippen molar-refractivity contribution < 1.29 is 4.79 Å². The number of para-hydroxylation sites is 1. The SMILES string of the molecule is NC(=O)C1CC=CC2c3ccccc3NC12. The number of carbonyl (C=O) groups excluding carboxylic acids is 1. The highest BCUT2D eigenvalue weighted by Crippen LogP contribution is 2.42. The lowest BCUT2D eigenvalue weighted by atomic mass is 9.80. The van der Waals surface area contributed by atoms with Gasteiger partial charge in [-0.2, -0.15) is 0 Å². The number of hydrogen-bond acceptors (Lipinski definition) is 2. The molecule has 1 heterocycles. The summed E-state index contributed by atoms with van der Waals surface area (Å²) in [4.78, 5) is 11.4. The van der Waals surface area contributed by atoms with Gasteiger partial charge in [-0.05, 0) is 18.1 Å². The summed E-state index contributed by atoms with van der Waals surface area (Å²) in [5, 5.41) is 3.42. The first-order chi connectivity index (χ1) is 7.77. The van der Waals surface area contributed by atoms with Crippen LogP contribution in [-0.4, -0.2) is 11.9 Å². The summed E-state index contributed by atoms with van der Waals surface area (Å²) in [6.07, 6.45) is 5.00. The summed E-state index contributed by atoms with van der Waals surface area (Å²) >= 11 is 0. The first kappa shape index (κ1) is 9.46. The predicted octanol–water partition coefficient (Wildman–Crippen LogP) is 1.63. The Hall–Kier alpha value is -1.77. The number of anilines is 1. The van der Waals surface area contributed by atoms with E-state index in [4.69, 9.17) is 5.73 Å². The Bertz CT molecular complexity index is 467. The number of benzene rings is 1. The molecule has 3 rings (SSSR count). The normalized spacial score (nSPS) is 30.4. The molecule has 1 aromatic carbocycles. The smallest absolute Gasteiger partial charge is 0.222 e. The van der Waals surface area contributed by atoms with Crippen molar-refractivity contribution in [2.45, 2.75) is 18.4 Å². The van der Waals surface area contributed by atoms with Crippen LogP contribution >= 0.6 is 0 Å². The number of rotatable bonds is 1. The zero-order valence-electron chi connectivity index (χ0n) is 8.89. The maximum atomic E-state index is 11.4. The van der Waals surface area contributed by atoms with Gasteiger partial charge < -0.3 is 11.1 Å². The van der Waals surface area contributed by atoms with E-state index in [1.807, 2.05) is 12.1 Å². The van der Waals surface area contributed by atoms with Crippen molar-refractivity contribution in [3.63, 3.8) is 0 Å². The van der Waals surface area contributed by atoms with Crippen LogP contribution in [0, 0.1) is 5.92 Å². The van der Waals surface area contributed by atoms with Crippen LogP contribution in [0.4, 0.5) is 5.69 Å². The van der Waals surface area contributed by atoms with E-state index < -0.39 is 0 Å². The first-order valence-corrected chi connectivity index (χ1v) is 5.59. The summed E-state index contributed by atoms with van der Waals surface area (Å²) in [6, 6.07) is 8.34. The van der Waals surface area contributed by atoms with Gasteiger partial charge in [-0.3, -0.25) is 4.79 Å². The molecule has 3 heteroatoms. The molecule has 1 amide bonds. The van der Waals surface area contributed by atoms with Gasteiger partial charge in [0.1, 0.15) is 0 Å². The van der Waals surface area contributed by atoms with Crippen molar-refractivity contribution in [2.24, 2.45) is 11.7 Å². The lowest BCUT2D eigenvalue weighted by molar-refractivity contribution is -0.122. The van der Waals surface area contributed by atoms with E-state index in [0.29, 0.717) is 5.92 Å². The van der Waals surface area contributed by atoms with Crippen LogP contribution in [-0.2, 0) is 4.79 Å². The van der Waals surface area contributed by atoms with Gasteiger partial charge >= 0.3 is 0 Å². The monoisotopic (exact) mass is 214 g/mol. The Labute approximate surface area is 94.3 Å². The number of carbonyl (C=O) groups is 1. The Kier molecular flexibility index (Phi) is 1.99. The fourth-order valence-electron chi connectivity index (χ4n) is 2.77. The summed E-state index contributed by atoms with van der Waals surface area (Å²) in [5.74, 6) is -0.00972. The molecule has 3 nitrogen and oxygen atoms in total. The topological polar surface area (TPSA) is 55.1 Å². The Morgan fingerprint density at radius 1 is 1.38 bits per heavy atom. The number of primary amides is 1. The molecule has 3 atom stereocenters. The second kappa shape index (κ2) is 3.37. The second-order valence-electron chi connectivity index (χ2n) is 4.46. The molecule has 82 valence electrons. The van der Waals surface area contributed by atoms with Crippen molar-refractivity contribution in [2.75, 3.05) is 5.32 Å². The molecular weight excluding hydrogens is 200 g/mol. The fourth-order valence-corrected chi connectivity index (χ4v) is 2.77. The molecule has 0 fully saturated rings. The lowest BCUT2D eigenvalue weighted by Gasteiger charge is -2.28. The highest BCUT2D eigenvalue weighted by molar-refractivity contribution is 5.80. The quantitative estimate of drug-likeness (QED) is 0.698. The van der Waals surface area contributed by atoms with Crippen LogP contribution in [0.3, 0.4) is 0 Å².